The Kier molecular flexibility index (Phi) is 6.49. The van der Waals surface area contributed by atoms with E-state index in [1.807, 2.05) is 9.80 Å². The maximum Gasteiger partial charge on any atom is 0.277 e. The number of hydrogen-bond donors (Lipinski definition) is 2. The van der Waals surface area contributed by atoms with Crippen LogP contribution in [0.4, 0.5) is 0 Å². The van der Waals surface area contributed by atoms with Crippen LogP contribution in [-0.2, 0) is 9.59 Å². The Balaban J connectivity index is 1.38. The highest BCUT2D eigenvalue weighted by atomic mass is 16.2. The molecule has 3 rings (SSSR count). The minimum Gasteiger partial charge on any atom is -0.334 e. The molecule has 6 heteroatoms. The number of nitrogens with one attached hydrogen (secondary N) is 2. The third-order valence-corrected chi connectivity index (χ3v) is 5.91. The zero-order chi connectivity index (χ0) is 16.8. The van der Waals surface area contributed by atoms with Crippen molar-refractivity contribution < 1.29 is 19.4 Å². The molecule has 136 valence electrons. The number of amides is 2. The number of piperidine rings is 2. The van der Waals surface area contributed by atoms with E-state index in [0.717, 1.165) is 26.2 Å². The first-order valence-electron chi connectivity index (χ1n) is 9.95. The second kappa shape index (κ2) is 8.81. The molecule has 2 amide bonds. The van der Waals surface area contributed by atoms with Gasteiger partial charge in [-0.1, -0.05) is 0 Å². The van der Waals surface area contributed by atoms with Gasteiger partial charge < -0.3 is 19.6 Å². The minimum absolute atomic E-state index is 0.278. The molecule has 0 unspecified atom stereocenters. The van der Waals surface area contributed by atoms with Gasteiger partial charge in [0, 0.05) is 26.2 Å². The lowest BCUT2D eigenvalue weighted by Gasteiger charge is -2.36. The summed E-state index contributed by atoms with van der Waals surface area (Å²) in [5.74, 6) is 0.557. The first kappa shape index (κ1) is 17.7. The number of quaternary nitrogens is 2. The molecule has 3 fully saturated rings. The van der Waals surface area contributed by atoms with Crippen LogP contribution in [0.2, 0.25) is 0 Å². The summed E-state index contributed by atoms with van der Waals surface area (Å²) in [5, 5.41) is 0. The third-order valence-electron chi connectivity index (χ3n) is 5.91. The Morgan fingerprint density at radius 3 is 1.25 bits per heavy atom. The molecule has 0 aromatic rings. The molecule has 0 aromatic carbocycles. The fourth-order valence-electron chi connectivity index (χ4n) is 4.31. The quantitative estimate of drug-likeness (QED) is 0.611. The van der Waals surface area contributed by atoms with Gasteiger partial charge in [0.2, 0.25) is 0 Å². The molecule has 0 aromatic heterocycles. The number of rotatable bonds is 4. The van der Waals surface area contributed by atoms with Crippen molar-refractivity contribution >= 4 is 11.8 Å². The number of carbonyl (C=O) groups is 2. The van der Waals surface area contributed by atoms with Crippen molar-refractivity contribution in [2.75, 3.05) is 65.4 Å². The zero-order valence-electron chi connectivity index (χ0n) is 15.0. The van der Waals surface area contributed by atoms with Crippen LogP contribution < -0.4 is 9.80 Å². The maximum absolute atomic E-state index is 12.5. The largest absolute Gasteiger partial charge is 0.334 e. The Morgan fingerprint density at radius 1 is 0.583 bits per heavy atom. The smallest absolute Gasteiger partial charge is 0.277 e. The van der Waals surface area contributed by atoms with Crippen LogP contribution in [0.1, 0.15) is 38.5 Å². The van der Waals surface area contributed by atoms with Crippen LogP contribution in [0.25, 0.3) is 0 Å². The van der Waals surface area contributed by atoms with Gasteiger partial charge in [-0.15, -0.1) is 0 Å². The zero-order valence-corrected chi connectivity index (χ0v) is 15.0. The van der Waals surface area contributed by atoms with Gasteiger partial charge in [0.25, 0.3) is 11.8 Å². The first-order chi connectivity index (χ1) is 11.7. The fraction of sp³-hybridized carbons (Fsp3) is 0.889. The number of carbonyl (C=O) groups excluding carboxylic acids is 2. The summed E-state index contributed by atoms with van der Waals surface area (Å²) in [7, 11) is 0. The van der Waals surface area contributed by atoms with E-state index in [2.05, 4.69) is 0 Å². The van der Waals surface area contributed by atoms with E-state index in [0.29, 0.717) is 39.3 Å². The number of piperazine rings is 1. The third kappa shape index (κ3) is 4.93. The normalized spacial score (nSPS) is 24.2. The summed E-state index contributed by atoms with van der Waals surface area (Å²) in [6.07, 6.45) is 7.65. The average Bonchev–Trinajstić information content (AvgIpc) is 2.63. The molecule has 24 heavy (non-hydrogen) atoms. The fourth-order valence-corrected chi connectivity index (χ4v) is 4.31. The highest BCUT2D eigenvalue weighted by molar-refractivity contribution is 5.79. The van der Waals surface area contributed by atoms with Crippen molar-refractivity contribution in [1.29, 1.82) is 0 Å². The molecule has 0 bridgehead atoms. The Morgan fingerprint density at radius 2 is 0.917 bits per heavy atom. The van der Waals surface area contributed by atoms with Crippen LogP contribution in [0.5, 0.6) is 0 Å². The van der Waals surface area contributed by atoms with E-state index < -0.39 is 0 Å². The standard InChI is InChI=1S/C18H32N4O2/c23-17(15-19-7-3-1-4-8-19)21-11-13-22(14-12-21)18(24)16-20-9-5-2-6-10-20/h1-16H2/p+2. The molecule has 3 aliphatic heterocycles. The Bertz CT molecular complexity index is 383. The molecular weight excluding hydrogens is 304 g/mol. The molecule has 3 heterocycles. The van der Waals surface area contributed by atoms with Crippen molar-refractivity contribution in [1.82, 2.24) is 9.80 Å². The van der Waals surface area contributed by atoms with Gasteiger partial charge >= 0.3 is 0 Å². The second-order valence-electron chi connectivity index (χ2n) is 7.74. The summed E-state index contributed by atoms with van der Waals surface area (Å²) >= 11 is 0. The van der Waals surface area contributed by atoms with E-state index >= 15 is 0 Å². The van der Waals surface area contributed by atoms with Crippen molar-refractivity contribution in [2.45, 2.75) is 38.5 Å². The number of likely N-dealkylation sites (tertiary alicyclic amines) is 2. The summed E-state index contributed by atoms with van der Waals surface area (Å²) in [6, 6.07) is 0. The summed E-state index contributed by atoms with van der Waals surface area (Å²) in [6.45, 7) is 8.72. The second-order valence-corrected chi connectivity index (χ2v) is 7.74. The minimum atomic E-state index is 0.278. The molecule has 3 aliphatic rings. The summed E-state index contributed by atoms with van der Waals surface area (Å²) in [4.78, 5) is 31.7. The van der Waals surface area contributed by atoms with Gasteiger partial charge in [-0.3, -0.25) is 9.59 Å². The highest BCUT2D eigenvalue weighted by Gasteiger charge is 2.28. The molecule has 0 spiro atoms. The van der Waals surface area contributed by atoms with E-state index in [4.69, 9.17) is 0 Å². The highest BCUT2D eigenvalue weighted by Crippen LogP contribution is 2.03. The predicted octanol–water partition coefficient (Wildman–Crippen LogP) is -2.21. The van der Waals surface area contributed by atoms with Crippen molar-refractivity contribution in [3.63, 3.8) is 0 Å². The van der Waals surface area contributed by atoms with Crippen molar-refractivity contribution in [2.24, 2.45) is 0 Å². The van der Waals surface area contributed by atoms with Crippen LogP contribution >= 0.6 is 0 Å². The number of hydrogen-bond acceptors (Lipinski definition) is 2. The molecule has 0 atom stereocenters. The summed E-state index contributed by atoms with van der Waals surface area (Å²) in [5.41, 5.74) is 0. The van der Waals surface area contributed by atoms with Crippen LogP contribution in [-0.4, -0.2) is 87.1 Å². The van der Waals surface area contributed by atoms with Gasteiger partial charge in [-0.25, -0.2) is 0 Å². The summed E-state index contributed by atoms with van der Waals surface area (Å²) < 4.78 is 0. The van der Waals surface area contributed by atoms with Gasteiger partial charge in [0.05, 0.1) is 26.2 Å². The van der Waals surface area contributed by atoms with E-state index in [1.54, 1.807) is 0 Å². The molecular formula is C18H34N4O2+2. The first-order valence-corrected chi connectivity index (χ1v) is 9.95. The van der Waals surface area contributed by atoms with Gasteiger partial charge in [0.15, 0.2) is 13.1 Å². The van der Waals surface area contributed by atoms with E-state index in [-0.39, 0.29) is 11.8 Å². The lowest BCUT2D eigenvalue weighted by atomic mass is 10.1. The van der Waals surface area contributed by atoms with E-state index in [9.17, 15) is 9.59 Å². The predicted molar refractivity (Wildman–Crippen MR) is 92.0 cm³/mol. The van der Waals surface area contributed by atoms with Crippen molar-refractivity contribution in [3.8, 4) is 0 Å². The lowest BCUT2D eigenvalue weighted by Crippen LogP contribution is -3.14. The van der Waals surface area contributed by atoms with Crippen LogP contribution in [0.15, 0.2) is 0 Å². The lowest BCUT2D eigenvalue weighted by molar-refractivity contribution is -0.897. The molecule has 6 nitrogen and oxygen atoms in total. The van der Waals surface area contributed by atoms with Gasteiger partial charge in [0.1, 0.15) is 0 Å². The molecule has 0 saturated carbocycles. The topological polar surface area (TPSA) is 49.5 Å². The number of nitrogens with zero attached hydrogens (tertiary/aromatic N) is 2. The average molecular weight is 338 g/mol. The van der Waals surface area contributed by atoms with Crippen LogP contribution in [0.3, 0.4) is 0 Å². The van der Waals surface area contributed by atoms with Gasteiger partial charge in [-0.2, -0.15) is 0 Å². The Labute approximate surface area is 145 Å². The van der Waals surface area contributed by atoms with Crippen LogP contribution in [0, 0.1) is 0 Å². The SMILES string of the molecule is O=C(C[NH+]1CCCCC1)N1CCN(C(=O)C[NH+]2CCCCC2)CC1. The maximum atomic E-state index is 12.5. The van der Waals surface area contributed by atoms with Gasteiger partial charge in [-0.05, 0) is 38.5 Å². The molecule has 0 aliphatic carbocycles. The molecule has 2 N–H and O–H groups in total. The monoisotopic (exact) mass is 338 g/mol. The Hall–Kier alpha value is -1.14. The van der Waals surface area contributed by atoms with Crippen molar-refractivity contribution in [3.05, 3.63) is 0 Å². The van der Waals surface area contributed by atoms with E-state index in [1.165, 1.54) is 48.3 Å². The molecule has 0 radical (unpaired) electrons. The molecule has 3 saturated heterocycles.